The first kappa shape index (κ1) is 12.2. The zero-order valence-electron chi connectivity index (χ0n) is 9.06. The number of hydrogen-bond acceptors (Lipinski definition) is 4. The first-order valence-electron chi connectivity index (χ1n) is 4.62. The largest absolute Gasteiger partial charge is 0.316 e. The highest BCUT2D eigenvalue weighted by Gasteiger charge is 2.17. The normalized spacial score (nSPS) is 14.1. The van der Waals surface area contributed by atoms with Gasteiger partial charge in [-0.2, -0.15) is 5.10 Å². The fourth-order valence-electron chi connectivity index (χ4n) is 1.04. The Bertz CT molecular complexity index is 412. The number of aromatic nitrogens is 2. The van der Waals surface area contributed by atoms with Gasteiger partial charge in [0, 0.05) is 19.6 Å². The summed E-state index contributed by atoms with van der Waals surface area (Å²) in [7, 11) is -0.0682. The maximum absolute atomic E-state index is 11.7. The van der Waals surface area contributed by atoms with E-state index in [1.165, 1.54) is 16.9 Å². The third-order valence-corrected chi connectivity index (χ3v) is 3.62. The average molecular weight is 232 g/mol. The van der Waals surface area contributed by atoms with E-state index in [0.717, 1.165) is 0 Å². The van der Waals surface area contributed by atoms with Crippen LogP contribution in [-0.2, 0) is 17.1 Å². The molecule has 0 saturated carbocycles. The molecular formula is C8H16N4O2S. The number of nitrogens with one attached hydrogen (secondary N) is 2. The molecule has 0 saturated heterocycles. The molecule has 15 heavy (non-hydrogen) atoms. The molecule has 1 rings (SSSR count). The standard InChI is InChI=1S/C8H16N4O2S/c1-7(9-2)6-11-15(13,14)8-4-5-10-12(8)3/h4-5,7,9,11H,6H2,1-3H3. The third-order valence-electron chi connectivity index (χ3n) is 2.12. The second kappa shape index (κ2) is 4.73. The third kappa shape index (κ3) is 3.01. The Kier molecular flexibility index (Phi) is 3.83. The molecule has 1 aromatic heterocycles. The molecule has 86 valence electrons. The molecule has 0 bridgehead atoms. The molecule has 1 heterocycles. The van der Waals surface area contributed by atoms with Gasteiger partial charge in [0.1, 0.15) is 0 Å². The summed E-state index contributed by atoms with van der Waals surface area (Å²) < 4.78 is 27.3. The van der Waals surface area contributed by atoms with E-state index in [1.807, 2.05) is 6.92 Å². The minimum absolute atomic E-state index is 0.0907. The highest BCUT2D eigenvalue weighted by molar-refractivity contribution is 7.89. The van der Waals surface area contributed by atoms with Gasteiger partial charge in [-0.3, -0.25) is 4.68 Å². The quantitative estimate of drug-likeness (QED) is 0.704. The minimum Gasteiger partial charge on any atom is -0.316 e. The lowest BCUT2D eigenvalue weighted by molar-refractivity contribution is 0.542. The molecular weight excluding hydrogens is 216 g/mol. The Morgan fingerprint density at radius 2 is 2.27 bits per heavy atom. The van der Waals surface area contributed by atoms with E-state index in [4.69, 9.17) is 0 Å². The van der Waals surface area contributed by atoms with Crippen LogP contribution in [0.25, 0.3) is 0 Å². The summed E-state index contributed by atoms with van der Waals surface area (Å²) in [5.41, 5.74) is 0. The van der Waals surface area contributed by atoms with Gasteiger partial charge in [-0.05, 0) is 20.0 Å². The second-order valence-corrected chi connectivity index (χ2v) is 5.05. The van der Waals surface area contributed by atoms with Gasteiger partial charge in [0.15, 0.2) is 5.03 Å². The minimum atomic E-state index is -3.44. The SMILES string of the molecule is CNC(C)CNS(=O)(=O)c1ccnn1C. The van der Waals surface area contributed by atoms with Crippen molar-refractivity contribution in [3.63, 3.8) is 0 Å². The maximum atomic E-state index is 11.7. The van der Waals surface area contributed by atoms with Crippen molar-refractivity contribution in [2.24, 2.45) is 7.05 Å². The predicted molar refractivity (Wildman–Crippen MR) is 56.9 cm³/mol. The lowest BCUT2D eigenvalue weighted by Crippen LogP contribution is -2.37. The van der Waals surface area contributed by atoms with Gasteiger partial charge in [0.2, 0.25) is 0 Å². The molecule has 0 spiro atoms. The highest BCUT2D eigenvalue weighted by atomic mass is 32.2. The van der Waals surface area contributed by atoms with Crippen molar-refractivity contribution < 1.29 is 8.42 Å². The van der Waals surface area contributed by atoms with Gasteiger partial charge in [0.25, 0.3) is 10.0 Å². The van der Waals surface area contributed by atoms with Crippen LogP contribution in [0.1, 0.15) is 6.92 Å². The number of sulfonamides is 1. The van der Waals surface area contributed by atoms with Crippen LogP contribution in [0.3, 0.4) is 0 Å². The first-order chi connectivity index (χ1) is 6.97. The summed E-state index contributed by atoms with van der Waals surface area (Å²) in [5.74, 6) is 0. The number of hydrogen-bond donors (Lipinski definition) is 2. The van der Waals surface area contributed by atoms with Gasteiger partial charge in [-0.1, -0.05) is 0 Å². The van der Waals surface area contributed by atoms with Crippen LogP contribution in [-0.4, -0.2) is 37.8 Å². The summed E-state index contributed by atoms with van der Waals surface area (Å²) in [5, 5.41) is 6.93. The summed E-state index contributed by atoms with van der Waals surface area (Å²) in [6.45, 7) is 2.25. The fourth-order valence-corrected chi connectivity index (χ4v) is 2.29. The first-order valence-corrected chi connectivity index (χ1v) is 6.10. The van der Waals surface area contributed by atoms with Crippen LogP contribution in [0.4, 0.5) is 0 Å². The van der Waals surface area contributed by atoms with Gasteiger partial charge in [-0.15, -0.1) is 0 Å². The Morgan fingerprint density at radius 1 is 1.60 bits per heavy atom. The molecule has 1 aromatic rings. The van der Waals surface area contributed by atoms with Gasteiger partial charge in [0.05, 0.1) is 6.20 Å². The van der Waals surface area contributed by atoms with Crippen molar-refractivity contribution in [3.05, 3.63) is 12.3 Å². The van der Waals surface area contributed by atoms with E-state index in [9.17, 15) is 8.42 Å². The van der Waals surface area contributed by atoms with Crippen LogP contribution in [0.2, 0.25) is 0 Å². The summed E-state index contributed by atoms with van der Waals surface area (Å²) in [6, 6.07) is 1.56. The topological polar surface area (TPSA) is 76.0 Å². The zero-order valence-corrected chi connectivity index (χ0v) is 9.87. The molecule has 7 heteroatoms. The van der Waals surface area contributed by atoms with E-state index >= 15 is 0 Å². The maximum Gasteiger partial charge on any atom is 0.257 e. The zero-order chi connectivity index (χ0) is 11.5. The molecule has 0 aliphatic carbocycles. The van der Waals surface area contributed by atoms with Crippen molar-refractivity contribution in [1.29, 1.82) is 0 Å². The monoisotopic (exact) mass is 232 g/mol. The fraction of sp³-hybridized carbons (Fsp3) is 0.625. The Hall–Kier alpha value is -0.920. The molecule has 1 unspecified atom stereocenters. The average Bonchev–Trinajstić information content (AvgIpc) is 2.61. The van der Waals surface area contributed by atoms with Crippen LogP contribution in [0, 0.1) is 0 Å². The van der Waals surface area contributed by atoms with Crippen LogP contribution >= 0.6 is 0 Å². The van der Waals surface area contributed by atoms with Crippen LogP contribution < -0.4 is 10.0 Å². The Morgan fingerprint density at radius 3 is 2.73 bits per heavy atom. The van der Waals surface area contributed by atoms with Crippen molar-refractivity contribution >= 4 is 10.0 Å². The molecule has 0 radical (unpaired) electrons. The van der Waals surface area contributed by atoms with E-state index in [2.05, 4.69) is 15.1 Å². The molecule has 0 aliphatic heterocycles. The van der Waals surface area contributed by atoms with Gasteiger partial charge < -0.3 is 5.32 Å². The summed E-state index contributed by atoms with van der Waals surface area (Å²) in [6.07, 6.45) is 1.45. The number of aryl methyl sites for hydroxylation is 1. The predicted octanol–water partition coefficient (Wildman–Crippen LogP) is -0.694. The highest BCUT2D eigenvalue weighted by Crippen LogP contribution is 2.05. The lowest BCUT2D eigenvalue weighted by Gasteiger charge is -2.11. The van der Waals surface area contributed by atoms with Crippen molar-refractivity contribution in [1.82, 2.24) is 19.8 Å². The molecule has 0 amide bonds. The van der Waals surface area contributed by atoms with Crippen molar-refractivity contribution in [2.75, 3.05) is 13.6 Å². The van der Waals surface area contributed by atoms with E-state index in [1.54, 1.807) is 14.1 Å². The number of rotatable bonds is 5. The molecule has 0 fully saturated rings. The van der Waals surface area contributed by atoms with Crippen molar-refractivity contribution in [2.45, 2.75) is 18.0 Å². The molecule has 0 aliphatic rings. The molecule has 1 atom stereocenters. The molecule has 6 nitrogen and oxygen atoms in total. The number of likely N-dealkylation sites (N-methyl/N-ethyl adjacent to an activating group) is 1. The molecule has 2 N–H and O–H groups in total. The van der Waals surface area contributed by atoms with E-state index in [0.29, 0.717) is 6.54 Å². The summed E-state index contributed by atoms with van der Waals surface area (Å²) >= 11 is 0. The van der Waals surface area contributed by atoms with Gasteiger partial charge in [-0.25, -0.2) is 13.1 Å². The summed E-state index contributed by atoms with van der Waals surface area (Å²) in [4.78, 5) is 0. The van der Waals surface area contributed by atoms with Gasteiger partial charge >= 0.3 is 0 Å². The molecule has 0 aromatic carbocycles. The Labute approximate surface area is 89.7 Å². The van der Waals surface area contributed by atoms with Crippen molar-refractivity contribution in [3.8, 4) is 0 Å². The second-order valence-electron chi connectivity index (χ2n) is 3.33. The number of nitrogens with zero attached hydrogens (tertiary/aromatic N) is 2. The lowest BCUT2D eigenvalue weighted by atomic mass is 10.4. The van der Waals surface area contributed by atoms with E-state index < -0.39 is 10.0 Å². The van der Waals surface area contributed by atoms with Crippen LogP contribution in [0.5, 0.6) is 0 Å². The smallest absolute Gasteiger partial charge is 0.257 e. The van der Waals surface area contributed by atoms with Crippen LogP contribution in [0.15, 0.2) is 17.3 Å². The Balaban J connectivity index is 2.73. The van der Waals surface area contributed by atoms with E-state index in [-0.39, 0.29) is 11.1 Å².